The van der Waals surface area contributed by atoms with Gasteiger partial charge in [-0.1, -0.05) is 56.3 Å². The summed E-state index contributed by atoms with van der Waals surface area (Å²) < 4.78 is 5.47. The van der Waals surface area contributed by atoms with E-state index in [2.05, 4.69) is 10.3 Å². The van der Waals surface area contributed by atoms with Crippen LogP contribution in [0.4, 0.5) is 10.5 Å². The Bertz CT molecular complexity index is 1740. The molecule has 3 atom stereocenters. The van der Waals surface area contributed by atoms with Crippen molar-refractivity contribution in [1.82, 2.24) is 15.2 Å². The summed E-state index contributed by atoms with van der Waals surface area (Å²) in [5.74, 6) is -2.08. The van der Waals surface area contributed by atoms with Crippen LogP contribution in [-0.2, 0) is 16.0 Å². The number of H-pyrrole nitrogens is 1. The van der Waals surface area contributed by atoms with Gasteiger partial charge in [-0.2, -0.15) is 0 Å². The zero-order valence-electron chi connectivity index (χ0n) is 23.3. The Labute approximate surface area is 241 Å². The van der Waals surface area contributed by atoms with E-state index in [-0.39, 0.29) is 17.2 Å². The van der Waals surface area contributed by atoms with Gasteiger partial charge >= 0.3 is 12.0 Å². The summed E-state index contributed by atoms with van der Waals surface area (Å²) in [5.41, 5.74) is 3.58. The molecule has 0 radical (unpaired) electrons. The number of aromatic nitrogens is 1. The van der Waals surface area contributed by atoms with E-state index in [0.29, 0.717) is 12.2 Å². The van der Waals surface area contributed by atoms with Crippen LogP contribution in [0.15, 0.2) is 72.8 Å². The molecule has 10 heteroatoms. The lowest BCUT2D eigenvalue weighted by molar-refractivity contribution is -0.140. The van der Waals surface area contributed by atoms with E-state index in [0.717, 1.165) is 32.6 Å². The average Bonchev–Trinajstić information content (AvgIpc) is 3.48. The molecular weight excluding hydrogens is 536 g/mol. The normalized spacial score (nSPS) is 18.7. The van der Waals surface area contributed by atoms with Gasteiger partial charge in [0.05, 0.1) is 18.4 Å². The first-order valence-electron chi connectivity index (χ1n) is 13.7. The maximum absolute atomic E-state index is 14.3. The molecule has 2 aliphatic heterocycles. The summed E-state index contributed by atoms with van der Waals surface area (Å²) in [7, 11) is 1.57. The maximum Gasteiger partial charge on any atom is 0.332 e. The SMILES string of the molecule is COc1cccc([C@H]2c3[nH]c4ccccc4c3C[C@H]3C(=O)N(c4ccccc4C(=O)N[C@H](C(=O)O)C(C)C)C(=O)N23)c1. The molecule has 3 heterocycles. The zero-order chi connectivity index (χ0) is 29.7. The molecule has 6 rings (SSSR count). The Morgan fingerprint density at radius 2 is 1.76 bits per heavy atom. The molecule has 3 N–H and O–H groups in total. The highest BCUT2D eigenvalue weighted by molar-refractivity contribution is 6.24. The molecule has 214 valence electrons. The van der Waals surface area contributed by atoms with E-state index >= 15 is 0 Å². The smallest absolute Gasteiger partial charge is 0.332 e. The summed E-state index contributed by atoms with van der Waals surface area (Å²) in [6.45, 7) is 3.38. The fraction of sp³-hybridized carbons (Fsp3) is 0.250. The standard InChI is InChI=1S/C32H30N4O6/c1-17(2)26(31(39)40)34-29(37)21-12-5-7-14-24(21)36-30(38)25-16-22-20-11-4-6-13-23(20)33-27(22)28(35(25)32(36)41)18-9-8-10-19(15-18)42-3/h4-15,17,25-26,28,33H,16H2,1-3H3,(H,34,37)(H,39,40)/t25-,26-,28-/m0/s1. The lowest BCUT2D eigenvalue weighted by atomic mass is 9.89. The van der Waals surface area contributed by atoms with Crippen molar-refractivity contribution in [2.45, 2.75) is 38.4 Å². The number of carbonyl (C=O) groups is 4. The molecule has 3 aromatic carbocycles. The van der Waals surface area contributed by atoms with E-state index in [1.165, 1.54) is 12.1 Å². The molecule has 1 saturated heterocycles. The third-order valence-electron chi connectivity index (χ3n) is 8.07. The highest BCUT2D eigenvalue weighted by Gasteiger charge is 2.53. The summed E-state index contributed by atoms with van der Waals surface area (Å²) in [6, 6.07) is 18.3. The number of fused-ring (bicyclic) bond motifs is 4. The quantitative estimate of drug-likeness (QED) is 0.282. The van der Waals surface area contributed by atoms with Crippen molar-refractivity contribution in [2.75, 3.05) is 12.0 Å². The van der Waals surface area contributed by atoms with Crippen LogP contribution in [0.5, 0.6) is 5.75 Å². The molecule has 0 aliphatic carbocycles. The van der Waals surface area contributed by atoms with Crippen LogP contribution in [0, 0.1) is 5.92 Å². The fourth-order valence-corrected chi connectivity index (χ4v) is 6.05. The Morgan fingerprint density at radius 3 is 2.50 bits per heavy atom. The third-order valence-corrected chi connectivity index (χ3v) is 8.07. The minimum Gasteiger partial charge on any atom is -0.497 e. The van der Waals surface area contributed by atoms with Gasteiger partial charge in [0.2, 0.25) is 0 Å². The average molecular weight is 567 g/mol. The molecule has 1 fully saturated rings. The topological polar surface area (TPSA) is 132 Å². The first-order valence-corrected chi connectivity index (χ1v) is 13.7. The number of carboxylic acids is 1. The number of para-hydroxylation sites is 2. The number of rotatable bonds is 7. The number of carboxylic acid groups (broad SMARTS) is 1. The van der Waals surface area contributed by atoms with Gasteiger partial charge in [0.1, 0.15) is 23.9 Å². The van der Waals surface area contributed by atoms with Crippen LogP contribution in [0.25, 0.3) is 10.9 Å². The number of hydrogen-bond acceptors (Lipinski definition) is 5. The number of benzene rings is 3. The molecule has 10 nitrogen and oxygen atoms in total. The number of aliphatic carboxylic acids is 1. The summed E-state index contributed by atoms with van der Waals surface area (Å²) in [4.78, 5) is 59.6. The number of nitrogens with zero attached hydrogens (tertiary/aromatic N) is 2. The number of nitrogens with one attached hydrogen (secondary N) is 2. The molecule has 0 saturated carbocycles. The Balaban J connectivity index is 1.45. The highest BCUT2D eigenvalue weighted by Crippen LogP contribution is 2.45. The second-order valence-corrected chi connectivity index (χ2v) is 10.9. The second-order valence-electron chi connectivity index (χ2n) is 10.9. The van der Waals surface area contributed by atoms with Crippen LogP contribution in [0.3, 0.4) is 0 Å². The van der Waals surface area contributed by atoms with Gasteiger partial charge in [0.25, 0.3) is 11.8 Å². The van der Waals surface area contributed by atoms with Crippen LogP contribution < -0.4 is 15.0 Å². The van der Waals surface area contributed by atoms with Gasteiger partial charge in [-0.15, -0.1) is 0 Å². The fourth-order valence-electron chi connectivity index (χ4n) is 6.05. The largest absolute Gasteiger partial charge is 0.497 e. The number of hydrogen-bond donors (Lipinski definition) is 3. The molecule has 1 aromatic heterocycles. The first kappa shape index (κ1) is 27.1. The van der Waals surface area contributed by atoms with Crippen molar-refractivity contribution in [1.29, 1.82) is 0 Å². The Kier molecular flexibility index (Phi) is 6.68. The molecule has 2 aliphatic rings. The van der Waals surface area contributed by atoms with Crippen molar-refractivity contribution < 1.29 is 29.0 Å². The molecular formula is C32H30N4O6. The number of urea groups is 1. The van der Waals surface area contributed by atoms with Crippen molar-refractivity contribution in [3.8, 4) is 5.75 Å². The lowest BCUT2D eigenvalue weighted by Crippen LogP contribution is -2.45. The predicted molar refractivity (Wildman–Crippen MR) is 156 cm³/mol. The van der Waals surface area contributed by atoms with Crippen molar-refractivity contribution >= 4 is 40.4 Å². The number of aromatic amines is 1. The first-order chi connectivity index (χ1) is 20.2. The third kappa shape index (κ3) is 4.27. The minimum atomic E-state index is -1.17. The predicted octanol–water partition coefficient (Wildman–Crippen LogP) is 4.50. The van der Waals surface area contributed by atoms with Gasteiger partial charge in [-0.3, -0.25) is 14.5 Å². The van der Waals surface area contributed by atoms with Crippen molar-refractivity contribution in [3.05, 3.63) is 95.2 Å². The van der Waals surface area contributed by atoms with Gasteiger partial charge < -0.3 is 20.1 Å². The number of amides is 4. The lowest BCUT2D eigenvalue weighted by Gasteiger charge is -2.36. The molecule has 4 aromatic rings. The van der Waals surface area contributed by atoms with Crippen LogP contribution in [0.2, 0.25) is 0 Å². The monoisotopic (exact) mass is 566 g/mol. The second kappa shape index (κ2) is 10.4. The van der Waals surface area contributed by atoms with E-state index in [1.54, 1.807) is 38.0 Å². The number of imide groups is 1. The summed E-state index contributed by atoms with van der Waals surface area (Å²) in [6.07, 6.45) is 0.295. The zero-order valence-corrected chi connectivity index (χ0v) is 23.3. The summed E-state index contributed by atoms with van der Waals surface area (Å²) in [5, 5.41) is 13.1. The number of carbonyl (C=O) groups excluding carboxylic acids is 3. The van der Waals surface area contributed by atoms with E-state index < -0.39 is 41.9 Å². The molecule has 42 heavy (non-hydrogen) atoms. The highest BCUT2D eigenvalue weighted by atomic mass is 16.5. The molecule has 4 amide bonds. The molecule has 0 unspecified atom stereocenters. The van der Waals surface area contributed by atoms with Gasteiger partial charge in [0.15, 0.2) is 0 Å². The minimum absolute atomic E-state index is 0.0350. The molecule has 0 bridgehead atoms. The van der Waals surface area contributed by atoms with Crippen molar-refractivity contribution in [3.63, 3.8) is 0 Å². The number of anilines is 1. The maximum atomic E-state index is 14.3. The Hall–Kier alpha value is -5.12. The summed E-state index contributed by atoms with van der Waals surface area (Å²) >= 11 is 0. The molecule has 0 spiro atoms. The van der Waals surface area contributed by atoms with Crippen LogP contribution in [-0.4, -0.2) is 58.0 Å². The van der Waals surface area contributed by atoms with Crippen LogP contribution in [0.1, 0.15) is 47.1 Å². The van der Waals surface area contributed by atoms with E-state index in [9.17, 15) is 24.3 Å². The van der Waals surface area contributed by atoms with Gasteiger partial charge in [-0.25, -0.2) is 14.5 Å². The Morgan fingerprint density at radius 1 is 1.02 bits per heavy atom. The van der Waals surface area contributed by atoms with Crippen LogP contribution >= 0.6 is 0 Å². The van der Waals surface area contributed by atoms with E-state index in [1.807, 2.05) is 48.5 Å². The van der Waals surface area contributed by atoms with Gasteiger partial charge in [0, 0.05) is 23.0 Å². The van der Waals surface area contributed by atoms with Crippen molar-refractivity contribution in [2.24, 2.45) is 5.92 Å². The van der Waals surface area contributed by atoms with Gasteiger partial charge in [-0.05, 0) is 47.4 Å². The van der Waals surface area contributed by atoms with E-state index in [4.69, 9.17) is 4.74 Å². The number of ether oxygens (including phenoxy) is 1. The number of methoxy groups -OCH3 is 1.